The van der Waals surface area contributed by atoms with Crippen LogP contribution in [-0.2, 0) is 9.63 Å². The van der Waals surface area contributed by atoms with Gasteiger partial charge in [0.2, 0.25) is 0 Å². The molecule has 17 heavy (non-hydrogen) atoms. The van der Waals surface area contributed by atoms with Gasteiger partial charge in [0.15, 0.2) is 6.61 Å². The maximum atomic E-state index is 11.4. The molecule has 100 valence electrons. The number of oxime groups is 1. The lowest BCUT2D eigenvalue weighted by atomic mass is 10.1. The smallest absolute Gasteiger partial charge is 0.261 e. The molecule has 0 fully saturated rings. The average molecular weight is 243 g/mol. The quantitative estimate of drug-likeness (QED) is 0.423. The zero-order valence-electron chi connectivity index (χ0n) is 11.5. The second kappa shape index (κ2) is 7.14. The molecule has 0 unspecified atom stereocenters. The van der Waals surface area contributed by atoms with E-state index in [-0.39, 0.29) is 18.1 Å². The minimum atomic E-state index is -0.257. The largest absolute Gasteiger partial charge is 0.384 e. The normalized spacial score (nSPS) is 12.7. The molecule has 0 rings (SSSR count). The second-order valence-electron chi connectivity index (χ2n) is 5.59. The summed E-state index contributed by atoms with van der Waals surface area (Å²) >= 11 is 0. The maximum Gasteiger partial charge on any atom is 0.261 e. The van der Waals surface area contributed by atoms with Gasteiger partial charge in [0.05, 0.1) is 0 Å². The molecule has 0 atom stereocenters. The van der Waals surface area contributed by atoms with E-state index in [9.17, 15) is 4.79 Å². The number of amidine groups is 1. The van der Waals surface area contributed by atoms with Gasteiger partial charge in [0, 0.05) is 12.0 Å². The molecule has 0 radical (unpaired) electrons. The summed E-state index contributed by atoms with van der Waals surface area (Å²) in [7, 11) is 0. The Bertz CT molecular complexity index is 267. The third kappa shape index (κ3) is 11.0. The van der Waals surface area contributed by atoms with Crippen molar-refractivity contribution in [3.63, 3.8) is 0 Å². The third-order valence-electron chi connectivity index (χ3n) is 1.87. The molecule has 0 bridgehead atoms. The minimum Gasteiger partial charge on any atom is -0.384 e. The van der Waals surface area contributed by atoms with E-state index >= 15 is 0 Å². The van der Waals surface area contributed by atoms with Crippen LogP contribution in [0, 0.1) is 5.92 Å². The Labute approximate surface area is 104 Å². The summed E-state index contributed by atoms with van der Waals surface area (Å²) in [5.41, 5.74) is 5.37. The van der Waals surface area contributed by atoms with Gasteiger partial charge in [0.1, 0.15) is 5.84 Å². The molecule has 0 aromatic heterocycles. The topological polar surface area (TPSA) is 76.7 Å². The number of carbonyl (C=O) groups excluding carboxylic acids is 1. The van der Waals surface area contributed by atoms with Crippen molar-refractivity contribution in [2.45, 2.75) is 53.0 Å². The molecule has 0 saturated carbocycles. The molecule has 0 aliphatic heterocycles. The molecule has 0 aliphatic rings. The molecule has 3 N–H and O–H groups in total. The highest BCUT2D eigenvalue weighted by Crippen LogP contribution is 2.03. The number of nitrogens with zero attached hydrogens (tertiary/aromatic N) is 1. The number of amides is 1. The lowest BCUT2D eigenvalue weighted by Gasteiger charge is -2.19. The first-order chi connectivity index (χ1) is 7.70. The van der Waals surface area contributed by atoms with Gasteiger partial charge in [0.25, 0.3) is 5.91 Å². The van der Waals surface area contributed by atoms with E-state index < -0.39 is 0 Å². The molecule has 0 saturated heterocycles. The van der Waals surface area contributed by atoms with Crippen LogP contribution in [-0.4, -0.2) is 23.9 Å². The van der Waals surface area contributed by atoms with Crippen molar-refractivity contribution in [1.29, 1.82) is 0 Å². The Morgan fingerprint density at radius 1 is 1.41 bits per heavy atom. The summed E-state index contributed by atoms with van der Waals surface area (Å²) in [5, 5.41) is 6.47. The van der Waals surface area contributed by atoms with Gasteiger partial charge < -0.3 is 15.9 Å². The predicted molar refractivity (Wildman–Crippen MR) is 69.5 cm³/mol. The fourth-order valence-electron chi connectivity index (χ4n) is 1.11. The highest BCUT2D eigenvalue weighted by Gasteiger charge is 2.13. The maximum absolute atomic E-state index is 11.4. The van der Waals surface area contributed by atoms with Crippen molar-refractivity contribution < 1.29 is 9.63 Å². The van der Waals surface area contributed by atoms with Crippen molar-refractivity contribution in [3.05, 3.63) is 0 Å². The Hall–Kier alpha value is -1.26. The first-order valence-corrected chi connectivity index (χ1v) is 5.96. The fourth-order valence-corrected chi connectivity index (χ4v) is 1.11. The molecule has 0 aliphatic carbocycles. The molecule has 0 spiro atoms. The highest BCUT2D eigenvalue weighted by molar-refractivity contribution is 5.80. The SMILES string of the molecule is CC(C)CC/C(N)=N/OCC(=O)NC(C)(C)C. The molecule has 5 nitrogen and oxygen atoms in total. The van der Waals surface area contributed by atoms with E-state index in [4.69, 9.17) is 10.6 Å². The van der Waals surface area contributed by atoms with Crippen LogP contribution in [0.1, 0.15) is 47.5 Å². The van der Waals surface area contributed by atoms with E-state index in [1.807, 2.05) is 20.8 Å². The van der Waals surface area contributed by atoms with Gasteiger partial charge in [-0.1, -0.05) is 19.0 Å². The van der Waals surface area contributed by atoms with E-state index in [1.165, 1.54) is 0 Å². The van der Waals surface area contributed by atoms with Gasteiger partial charge in [-0.05, 0) is 33.1 Å². The van der Waals surface area contributed by atoms with Crippen LogP contribution in [0.2, 0.25) is 0 Å². The van der Waals surface area contributed by atoms with Crippen LogP contribution in [0.3, 0.4) is 0 Å². The molecule has 0 aromatic rings. The van der Waals surface area contributed by atoms with E-state index in [2.05, 4.69) is 24.3 Å². The lowest BCUT2D eigenvalue weighted by molar-refractivity contribution is -0.127. The Kier molecular flexibility index (Phi) is 6.61. The number of nitrogens with two attached hydrogens (primary N) is 1. The van der Waals surface area contributed by atoms with Gasteiger partial charge >= 0.3 is 0 Å². The van der Waals surface area contributed by atoms with Crippen LogP contribution in [0.15, 0.2) is 5.16 Å². The summed E-state index contributed by atoms with van der Waals surface area (Å²) < 4.78 is 0. The van der Waals surface area contributed by atoms with Crippen LogP contribution in [0.25, 0.3) is 0 Å². The summed E-state index contributed by atoms with van der Waals surface area (Å²) in [5.74, 6) is 0.813. The monoisotopic (exact) mass is 243 g/mol. The van der Waals surface area contributed by atoms with Crippen molar-refractivity contribution in [1.82, 2.24) is 5.32 Å². The van der Waals surface area contributed by atoms with Crippen molar-refractivity contribution in [2.75, 3.05) is 6.61 Å². The van der Waals surface area contributed by atoms with E-state index in [0.717, 1.165) is 6.42 Å². The summed E-state index contributed by atoms with van der Waals surface area (Å²) in [6, 6.07) is 0. The zero-order chi connectivity index (χ0) is 13.5. The van der Waals surface area contributed by atoms with Crippen molar-refractivity contribution in [2.24, 2.45) is 16.8 Å². The summed E-state index contributed by atoms with van der Waals surface area (Å²) in [6.45, 7) is 9.86. The molecular formula is C12H25N3O2. The first-order valence-electron chi connectivity index (χ1n) is 5.96. The molecule has 5 heteroatoms. The Morgan fingerprint density at radius 2 is 2.00 bits per heavy atom. The van der Waals surface area contributed by atoms with E-state index in [1.54, 1.807) is 0 Å². The highest BCUT2D eigenvalue weighted by atomic mass is 16.6. The number of nitrogens with one attached hydrogen (secondary N) is 1. The number of hydrogen-bond donors (Lipinski definition) is 2. The molecule has 0 aromatic carbocycles. The standard InChI is InChI=1S/C12H25N3O2/c1-9(2)6-7-10(13)15-17-8-11(16)14-12(3,4)5/h9H,6-8H2,1-5H3,(H2,13,15)(H,14,16). The third-order valence-corrected chi connectivity index (χ3v) is 1.87. The Balaban J connectivity index is 3.81. The van der Waals surface area contributed by atoms with Crippen LogP contribution in [0.4, 0.5) is 0 Å². The summed E-state index contributed by atoms with van der Waals surface area (Å²) in [4.78, 5) is 16.2. The number of rotatable bonds is 6. The molecule has 0 heterocycles. The lowest BCUT2D eigenvalue weighted by Crippen LogP contribution is -2.42. The van der Waals surface area contributed by atoms with Gasteiger partial charge in [-0.25, -0.2) is 0 Å². The van der Waals surface area contributed by atoms with Gasteiger partial charge in [-0.3, -0.25) is 4.79 Å². The number of carbonyl (C=O) groups is 1. The zero-order valence-corrected chi connectivity index (χ0v) is 11.5. The van der Waals surface area contributed by atoms with Crippen LogP contribution < -0.4 is 11.1 Å². The molecule has 1 amide bonds. The number of hydrogen-bond acceptors (Lipinski definition) is 3. The van der Waals surface area contributed by atoms with Gasteiger partial charge in [-0.15, -0.1) is 0 Å². The molecular weight excluding hydrogens is 218 g/mol. The fraction of sp³-hybridized carbons (Fsp3) is 0.833. The second-order valence-corrected chi connectivity index (χ2v) is 5.59. The van der Waals surface area contributed by atoms with Crippen LogP contribution >= 0.6 is 0 Å². The summed E-state index contributed by atoms with van der Waals surface area (Å²) in [6.07, 6.45) is 1.66. The van der Waals surface area contributed by atoms with Crippen molar-refractivity contribution >= 4 is 11.7 Å². The predicted octanol–water partition coefficient (Wildman–Crippen LogP) is 1.63. The van der Waals surface area contributed by atoms with E-state index in [0.29, 0.717) is 18.2 Å². The van der Waals surface area contributed by atoms with Crippen LogP contribution in [0.5, 0.6) is 0 Å². The van der Waals surface area contributed by atoms with Crippen molar-refractivity contribution in [3.8, 4) is 0 Å². The van der Waals surface area contributed by atoms with Gasteiger partial charge in [-0.2, -0.15) is 0 Å². The minimum absolute atomic E-state index is 0.0976. The Morgan fingerprint density at radius 3 is 2.47 bits per heavy atom. The first kappa shape index (κ1) is 15.7. The average Bonchev–Trinajstić information content (AvgIpc) is 2.11.